The molecule has 9 nitrogen and oxygen atoms in total. The van der Waals surface area contributed by atoms with E-state index in [1.54, 1.807) is 12.1 Å². The van der Waals surface area contributed by atoms with Gasteiger partial charge in [0, 0.05) is 30.4 Å². The van der Waals surface area contributed by atoms with E-state index >= 15 is 0 Å². The second kappa shape index (κ2) is 11.6. The van der Waals surface area contributed by atoms with Gasteiger partial charge in [-0.2, -0.15) is 4.98 Å². The van der Waals surface area contributed by atoms with Crippen molar-refractivity contribution in [2.75, 3.05) is 11.4 Å². The van der Waals surface area contributed by atoms with Crippen LogP contribution in [-0.4, -0.2) is 56.1 Å². The van der Waals surface area contributed by atoms with Crippen LogP contribution in [0.2, 0.25) is 0 Å². The fourth-order valence-electron chi connectivity index (χ4n) is 6.13. The van der Waals surface area contributed by atoms with Gasteiger partial charge in [0.2, 0.25) is 11.7 Å². The normalized spacial score (nSPS) is 20.9. The van der Waals surface area contributed by atoms with Gasteiger partial charge in [-0.05, 0) is 69.5 Å². The summed E-state index contributed by atoms with van der Waals surface area (Å²) in [5.41, 5.74) is 1.03. The molecule has 2 atom stereocenters. The van der Waals surface area contributed by atoms with Gasteiger partial charge in [0.05, 0.1) is 6.10 Å². The molecule has 0 aliphatic carbocycles. The highest BCUT2D eigenvalue weighted by Crippen LogP contribution is 2.43. The highest BCUT2D eigenvalue weighted by molar-refractivity contribution is 6.16. The molecule has 2 saturated heterocycles. The quantitative estimate of drug-likeness (QED) is 0.233. The SMILES string of the molecule is CC(C)Oc1cccc(CN2CCC3(C[C@@H]2C)C(=O)N(Cc2nc(-c4ccccc4)no2)C(=O)N3c2cccc(F)c2)c1. The zero-order valence-electron chi connectivity index (χ0n) is 24.4. The molecule has 43 heavy (non-hydrogen) atoms. The molecular weight excluding hydrogens is 549 g/mol. The lowest BCUT2D eigenvalue weighted by Gasteiger charge is -2.45. The zero-order chi connectivity index (χ0) is 30.1. The van der Waals surface area contributed by atoms with Crippen LogP contribution in [0, 0.1) is 5.82 Å². The lowest BCUT2D eigenvalue weighted by atomic mass is 9.81. The Balaban J connectivity index is 1.27. The number of benzene rings is 3. The van der Waals surface area contributed by atoms with E-state index in [2.05, 4.69) is 28.0 Å². The van der Waals surface area contributed by atoms with Crippen molar-refractivity contribution in [1.82, 2.24) is 19.9 Å². The molecule has 2 aliphatic heterocycles. The van der Waals surface area contributed by atoms with E-state index in [1.807, 2.05) is 62.4 Å². The number of amides is 3. The molecule has 2 aliphatic rings. The largest absolute Gasteiger partial charge is 0.491 e. The Morgan fingerprint density at radius 1 is 1.02 bits per heavy atom. The topological polar surface area (TPSA) is 92.0 Å². The molecule has 1 aromatic heterocycles. The summed E-state index contributed by atoms with van der Waals surface area (Å²) in [4.78, 5) is 37.6. The van der Waals surface area contributed by atoms with E-state index in [1.165, 1.54) is 17.0 Å². The predicted octanol–water partition coefficient (Wildman–Crippen LogP) is 6.06. The molecule has 0 saturated carbocycles. The van der Waals surface area contributed by atoms with Crippen molar-refractivity contribution >= 4 is 17.6 Å². The van der Waals surface area contributed by atoms with Gasteiger partial charge in [0.1, 0.15) is 23.7 Å². The number of imide groups is 1. The van der Waals surface area contributed by atoms with Gasteiger partial charge in [-0.3, -0.25) is 19.5 Å². The summed E-state index contributed by atoms with van der Waals surface area (Å²) >= 11 is 0. The lowest BCUT2D eigenvalue weighted by Crippen LogP contribution is -2.59. The number of hydrogen-bond acceptors (Lipinski definition) is 7. The van der Waals surface area contributed by atoms with E-state index in [4.69, 9.17) is 9.26 Å². The summed E-state index contributed by atoms with van der Waals surface area (Å²) < 4.78 is 25.7. The van der Waals surface area contributed by atoms with Crippen LogP contribution in [0.25, 0.3) is 11.4 Å². The summed E-state index contributed by atoms with van der Waals surface area (Å²) in [7, 11) is 0. The number of likely N-dealkylation sites (tertiary alicyclic amines) is 1. The van der Waals surface area contributed by atoms with Crippen LogP contribution < -0.4 is 9.64 Å². The fourth-order valence-corrected chi connectivity index (χ4v) is 6.13. The van der Waals surface area contributed by atoms with E-state index in [-0.39, 0.29) is 30.5 Å². The van der Waals surface area contributed by atoms with E-state index in [0.29, 0.717) is 37.4 Å². The number of halogens is 1. The Hall–Kier alpha value is -4.57. The molecule has 6 rings (SSSR count). The molecule has 3 aromatic carbocycles. The Morgan fingerprint density at radius 2 is 1.81 bits per heavy atom. The summed E-state index contributed by atoms with van der Waals surface area (Å²) in [5, 5.41) is 4.04. The summed E-state index contributed by atoms with van der Waals surface area (Å²) in [5.74, 6) is 0.501. The number of ether oxygens (including phenoxy) is 1. The molecule has 1 unspecified atom stereocenters. The average Bonchev–Trinajstić information content (AvgIpc) is 3.53. The average molecular weight is 584 g/mol. The van der Waals surface area contributed by atoms with Crippen LogP contribution >= 0.6 is 0 Å². The van der Waals surface area contributed by atoms with Crippen LogP contribution in [0.4, 0.5) is 14.9 Å². The summed E-state index contributed by atoms with van der Waals surface area (Å²) in [6, 6.07) is 22.6. The highest BCUT2D eigenvalue weighted by atomic mass is 19.1. The van der Waals surface area contributed by atoms with Crippen LogP contribution in [0.3, 0.4) is 0 Å². The maximum Gasteiger partial charge on any atom is 0.332 e. The number of urea groups is 1. The maximum absolute atomic E-state index is 14.4. The van der Waals surface area contributed by atoms with Crippen molar-refractivity contribution in [2.24, 2.45) is 0 Å². The number of anilines is 1. The van der Waals surface area contributed by atoms with Gasteiger partial charge in [0.15, 0.2) is 0 Å². The van der Waals surface area contributed by atoms with E-state index in [9.17, 15) is 14.0 Å². The minimum atomic E-state index is -1.17. The molecule has 4 aromatic rings. The molecule has 3 heterocycles. The number of carbonyl (C=O) groups is 2. The Bertz CT molecular complexity index is 1630. The molecule has 0 N–H and O–H groups in total. The lowest BCUT2D eigenvalue weighted by molar-refractivity contribution is -0.133. The Kier molecular flexibility index (Phi) is 7.70. The third-order valence-corrected chi connectivity index (χ3v) is 8.08. The number of piperidine rings is 1. The zero-order valence-corrected chi connectivity index (χ0v) is 24.4. The maximum atomic E-state index is 14.4. The second-order valence-corrected chi connectivity index (χ2v) is 11.5. The molecule has 10 heteroatoms. The summed E-state index contributed by atoms with van der Waals surface area (Å²) in [6.45, 7) is 7.10. The monoisotopic (exact) mass is 583 g/mol. The van der Waals surface area contributed by atoms with Crippen molar-refractivity contribution < 1.29 is 23.2 Å². The molecule has 1 spiro atoms. The van der Waals surface area contributed by atoms with Gasteiger partial charge in [0.25, 0.3) is 5.91 Å². The number of nitrogens with zero attached hydrogens (tertiary/aromatic N) is 5. The van der Waals surface area contributed by atoms with Gasteiger partial charge >= 0.3 is 6.03 Å². The highest BCUT2D eigenvalue weighted by Gasteiger charge is 2.60. The third-order valence-electron chi connectivity index (χ3n) is 8.08. The van der Waals surface area contributed by atoms with E-state index in [0.717, 1.165) is 21.8 Å². The molecule has 0 radical (unpaired) electrons. The first kappa shape index (κ1) is 28.5. The van der Waals surface area contributed by atoms with Gasteiger partial charge in [-0.25, -0.2) is 9.18 Å². The predicted molar refractivity (Wildman–Crippen MR) is 159 cm³/mol. The number of aromatic nitrogens is 2. The first-order valence-corrected chi connectivity index (χ1v) is 14.5. The number of hydrogen-bond donors (Lipinski definition) is 0. The third kappa shape index (κ3) is 5.62. The number of rotatable bonds is 8. The summed E-state index contributed by atoms with van der Waals surface area (Å²) in [6.07, 6.45) is 0.839. The molecule has 0 bridgehead atoms. The van der Waals surface area contributed by atoms with Crippen LogP contribution in [-0.2, 0) is 17.9 Å². The van der Waals surface area contributed by atoms with Crippen molar-refractivity contribution in [3.8, 4) is 17.1 Å². The number of carbonyl (C=O) groups excluding carboxylic acids is 2. The van der Waals surface area contributed by atoms with Crippen LogP contribution in [0.1, 0.15) is 45.1 Å². The van der Waals surface area contributed by atoms with Crippen molar-refractivity contribution in [3.05, 3.63) is 96.1 Å². The standard InChI is InChI=1S/C33H34FN5O4/c1-22(2)42-28-14-7-9-24(17-28)20-37-16-15-33(19-23(37)3)31(40)38(32(41)39(33)27-13-8-12-26(34)18-27)21-29-35-30(36-43-29)25-10-5-4-6-11-25/h4-14,17-18,22-23H,15-16,19-21H2,1-3H3/t23-,33?/m0/s1. The van der Waals surface area contributed by atoms with Gasteiger partial charge < -0.3 is 9.26 Å². The minimum absolute atomic E-state index is 0.0516. The minimum Gasteiger partial charge on any atom is -0.491 e. The smallest absolute Gasteiger partial charge is 0.332 e. The second-order valence-electron chi connectivity index (χ2n) is 11.5. The van der Waals surface area contributed by atoms with Crippen LogP contribution in [0.15, 0.2) is 83.4 Å². The molecule has 3 amide bonds. The fraction of sp³-hybridized carbons (Fsp3) is 0.333. The first-order valence-electron chi connectivity index (χ1n) is 14.5. The van der Waals surface area contributed by atoms with Crippen molar-refractivity contribution in [3.63, 3.8) is 0 Å². The molecule has 2 fully saturated rings. The molecular formula is C33H34FN5O4. The van der Waals surface area contributed by atoms with Gasteiger partial charge in [-0.1, -0.05) is 53.7 Å². The van der Waals surface area contributed by atoms with Gasteiger partial charge in [-0.15, -0.1) is 0 Å². The van der Waals surface area contributed by atoms with E-state index < -0.39 is 17.4 Å². The van der Waals surface area contributed by atoms with Crippen LogP contribution in [0.5, 0.6) is 5.75 Å². The first-order chi connectivity index (χ1) is 20.7. The van der Waals surface area contributed by atoms with Crippen molar-refractivity contribution in [1.29, 1.82) is 0 Å². The Morgan fingerprint density at radius 3 is 2.56 bits per heavy atom. The van der Waals surface area contributed by atoms with Crippen molar-refractivity contribution in [2.45, 2.75) is 64.4 Å². The molecule has 222 valence electrons. The Labute approximate surface area is 249 Å².